The predicted molar refractivity (Wildman–Crippen MR) is 142 cm³/mol. The minimum absolute atomic E-state index is 0. The van der Waals surface area contributed by atoms with Gasteiger partial charge in [0.25, 0.3) is 0 Å². The summed E-state index contributed by atoms with van der Waals surface area (Å²) in [6.45, 7) is 13.3. The molecule has 0 nitrogen and oxygen atoms in total. The van der Waals surface area contributed by atoms with Crippen molar-refractivity contribution >= 4 is 52.6 Å². The van der Waals surface area contributed by atoms with E-state index in [1.807, 2.05) is 18.2 Å². The van der Waals surface area contributed by atoms with E-state index in [1.165, 1.54) is 38.6 Å². The summed E-state index contributed by atoms with van der Waals surface area (Å²) in [7, 11) is 0. The maximum absolute atomic E-state index is 5.97. The zero-order valence-electron chi connectivity index (χ0n) is 19.0. The van der Waals surface area contributed by atoms with Crippen LogP contribution in [0.4, 0.5) is 0 Å². The first kappa shape index (κ1) is 30.5. The summed E-state index contributed by atoms with van der Waals surface area (Å²) in [4.78, 5) is 0. The van der Waals surface area contributed by atoms with Crippen molar-refractivity contribution in [1.29, 1.82) is 0 Å². The normalized spacial score (nSPS) is 14.4. The zero-order valence-corrected chi connectivity index (χ0v) is 24.9. The molecular formula is C26H31Cl3SiZr. The van der Waals surface area contributed by atoms with Crippen LogP contribution in [-0.2, 0) is 23.3 Å². The fourth-order valence-corrected chi connectivity index (χ4v) is 3.39. The van der Waals surface area contributed by atoms with Gasteiger partial charge in [-0.25, -0.2) is 5.57 Å². The van der Waals surface area contributed by atoms with Gasteiger partial charge in [-0.3, -0.25) is 6.08 Å². The molecule has 1 unspecified atom stereocenters. The first-order chi connectivity index (χ1) is 13.7. The Morgan fingerprint density at radius 1 is 1.00 bits per heavy atom. The van der Waals surface area contributed by atoms with E-state index in [0.717, 1.165) is 5.02 Å². The first-order valence-electron chi connectivity index (χ1n) is 9.90. The number of hydrogen-bond donors (Lipinski definition) is 0. The third-order valence-electron chi connectivity index (χ3n) is 5.05. The van der Waals surface area contributed by atoms with Gasteiger partial charge in [0.1, 0.15) is 0 Å². The first-order valence-corrected chi connectivity index (χ1v) is 16.5. The quantitative estimate of drug-likeness (QED) is 0.203. The monoisotopic (exact) mass is 566 g/mol. The van der Waals surface area contributed by atoms with E-state index in [0.29, 0.717) is 5.92 Å². The van der Waals surface area contributed by atoms with Gasteiger partial charge in [-0.05, 0) is 5.02 Å². The van der Waals surface area contributed by atoms with Gasteiger partial charge in [0, 0.05) is 0 Å². The Hall–Kier alpha value is -0.500. The molecule has 5 heteroatoms. The predicted octanol–water partition coefficient (Wildman–Crippen LogP) is 9.23. The van der Waals surface area contributed by atoms with Crippen LogP contribution in [-0.4, -0.2) is 5.43 Å². The van der Waals surface area contributed by atoms with Crippen molar-refractivity contribution in [3.63, 3.8) is 0 Å². The van der Waals surface area contributed by atoms with Gasteiger partial charge in [-0.15, -0.1) is 72.3 Å². The molecule has 0 saturated heterocycles. The van der Waals surface area contributed by atoms with Gasteiger partial charge in [-0.2, -0.15) is 11.1 Å². The molecule has 3 aromatic rings. The van der Waals surface area contributed by atoms with Crippen molar-refractivity contribution in [3.8, 4) is 11.1 Å². The van der Waals surface area contributed by atoms with Crippen LogP contribution in [0.3, 0.4) is 0 Å². The molecule has 0 amide bonds. The maximum Gasteiger partial charge on any atom is -0.00101 e. The Labute approximate surface area is 220 Å². The van der Waals surface area contributed by atoms with E-state index in [2.05, 4.69) is 89.3 Å². The molecule has 0 radical (unpaired) electrons. The number of halogens is 3. The van der Waals surface area contributed by atoms with Crippen molar-refractivity contribution in [3.05, 3.63) is 88.5 Å². The molecule has 0 aliphatic heterocycles. The molecule has 0 aromatic heterocycles. The van der Waals surface area contributed by atoms with Crippen LogP contribution < -0.4 is 0 Å². The molecule has 0 bridgehead atoms. The Morgan fingerprint density at radius 3 is 2.03 bits per heavy atom. The van der Waals surface area contributed by atoms with Gasteiger partial charge in [0.15, 0.2) is 0 Å². The molecule has 4 rings (SSSR count). The van der Waals surface area contributed by atoms with E-state index in [9.17, 15) is 0 Å². The van der Waals surface area contributed by atoms with Gasteiger partial charge >= 0.3 is 41.9 Å². The second-order valence-corrected chi connectivity index (χ2v) is 17.5. The third kappa shape index (κ3) is 9.10. The van der Waals surface area contributed by atoms with Crippen LogP contribution in [0.5, 0.6) is 0 Å². The number of allylic oxidation sites excluding steroid dienone is 4. The van der Waals surface area contributed by atoms with Crippen molar-refractivity contribution in [1.82, 2.24) is 0 Å². The molecule has 0 saturated carbocycles. The largest absolute Gasteiger partial charge is 0.148 e. The summed E-state index contributed by atoms with van der Waals surface area (Å²) in [6, 6.07) is 20.7. The van der Waals surface area contributed by atoms with Crippen LogP contribution in [0.1, 0.15) is 27.7 Å². The summed E-state index contributed by atoms with van der Waals surface area (Å²) < 4.78 is 0. The Bertz CT molecular complexity index is 1040. The van der Waals surface area contributed by atoms with E-state index in [4.69, 9.17) is 11.6 Å². The zero-order chi connectivity index (χ0) is 21.6. The average molecular weight is 569 g/mol. The van der Waals surface area contributed by atoms with E-state index >= 15 is 0 Å². The van der Waals surface area contributed by atoms with Crippen LogP contribution >= 0.6 is 36.4 Å². The molecule has 0 spiro atoms. The molecule has 0 heterocycles. The van der Waals surface area contributed by atoms with Crippen molar-refractivity contribution in [2.45, 2.75) is 40.8 Å². The van der Waals surface area contributed by atoms with Gasteiger partial charge in [-0.1, -0.05) is 80.3 Å². The molecular weight excluding hydrogens is 538 g/mol. The van der Waals surface area contributed by atoms with E-state index < -0.39 is 0 Å². The van der Waals surface area contributed by atoms with Crippen LogP contribution in [0.2, 0.25) is 18.1 Å². The minimum atomic E-state index is 0. The summed E-state index contributed by atoms with van der Waals surface area (Å²) >= 11 is 7.71. The van der Waals surface area contributed by atoms with Gasteiger partial charge in [0.05, 0.1) is 0 Å². The van der Waals surface area contributed by atoms with Crippen LogP contribution in [0.15, 0.2) is 77.4 Å². The maximum atomic E-state index is 5.97. The van der Waals surface area contributed by atoms with E-state index in [-0.39, 0.29) is 30.2 Å². The molecule has 1 aliphatic carbocycles. The Kier molecular flexibility index (Phi) is 14.4. The third-order valence-corrected chi connectivity index (χ3v) is 5.29. The fraction of sp³-hybridized carbons (Fsp3) is 0.269. The van der Waals surface area contributed by atoms with Gasteiger partial charge in [0.2, 0.25) is 0 Å². The fourth-order valence-electron chi connectivity index (χ4n) is 3.21. The topological polar surface area (TPSA) is 0 Å². The summed E-state index contributed by atoms with van der Waals surface area (Å²) in [5.74, 6) is 0.560. The van der Waals surface area contributed by atoms with Crippen molar-refractivity contribution in [2.24, 2.45) is 5.92 Å². The SMILES string of the molecule is CC1=[C-]C(C)C(C)=C1C.C[Si](C)=[Zr+2].Cl.Cl.Clc1ccc2c(-c3ccccc3)c[cH-]c2c1. The summed E-state index contributed by atoms with van der Waals surface area (Å²) in [6.07, 6.45) is 3.36. The molecule has 3 aromatic carbocycles. The summed E-state index contributed by atoms with van der Waals surface area (Å²) in [5.41, 5.74) is 6.98. The second kappa shape index (κ2) is 14.6. The van der Waals surface area contributed by atoms with Crippen LogP contribution in [0, 0.1) is 12.0 Å². The number of hydrogen-bond acceptors (Lipinski definition) is 0. The Balaban J connectivity index is 0.000000516. The van der Waals surface area contributed by atoms with E-state index in [1.54, 1.807) is 23.3 Å². The summed E-state index contributed by atoms with van der Waals surface area (Å²) in [5, 5.41) is 3.25. The van der Waals surface area contributed by atoms with Crippen molar-refractivity contribution < 1.29 is 23.3 Å². The average Bonchev–Trinajstić information content (AvgIpc) is 3.19. The molecule has 31 heavy (non-hydrogen) atoms. The second-order valence-electron chi connectivity index (χ2n) is 7.64. The Morgan fingerprint density at radius 2 is 1.58 bits per heavy atom. The molecule has 0 fully saturated rings. The number of benzene rings is 2. The van der Waals surface area contributed by atoms with Crippen molar-refractivity contribution in [2.75, 3.05) is 0 Å². The minimum Gasteiger partial charge on any atom is -0.148 e. The molecule has 0 N–H and O–H groups in total. The molecule has 1 aliphatic rings. The molecule has 164 valence electrons. The van der Waals surface area contributed by atoms with Crippen LogP contribution in [0.25, 0.3) is 21.9 Å². The smallest absolute Gasteiger partial charge is 0.00101 e. The number of fused-ring (bicyclic) bond motifs is 1. The standard InChI is InChI=1S/C15H10Cl.C9H13.C2H6Si.2ClH.Zr/c16-13-7-9-15-12(10-13)6-8-14(15)11-4-2-1-3-5-11;1-6-5-7(2)9(4)8(6)3;1-3-2;;;/h1-10H;6H,1-4H3;1-2H3;2*1H;/q2*-1;;;;+2. The van der Waals surface area contributed by atoms with Gasteiger partial charge < -0.3 is 0 Å². The molecule has 1 atom stereocenters. The number of rotatable bonds is 1.